The molecule has 0 bridgehead atoms. The molecule has 5 heteroatoms. The van der Waals surface area contributed by atoms with Gasteiger partial charge in [0.1, 0.15) is 0 Å². The Morgan fingerprint density at radius 3 is 2.17 bits per heavy atom. The van der Waals surface area contributed by atoms with Gasteiger partial charge in [0, 0.05) is 13.1 Å². The molecule has 2 nitrogen and oxygen atoms in total. The highest BCUT2D eigenvalue weighted by Crippen LogP contribution is 2.32. The Morgan fingerprint density at radius 2 is 1.61 bits per heavy atom. The summed E-state index contributed by atoms with van der Waals surface area (Å²) in [7, 11) is 0. The van der Waals surface area contributed by atoms with Gasteiger partial charge in [-0.05, 0) is 49.2 Å². The van der Waals surface area contributed by atoms with Crippen LogP contribution in [0.4, 0.5) is 13.2 Å². The van der Waals surface area contributed by atoms with Crippen LogP contribution in [0.5, 0.6) is 0 Å². The van der Waals surface area contributed by atoms with Crippen molar-refractivity contribution in [2.45, 2.75) is 32.9 Å². The molecule has 23 heavy (non-hydrogen) atoms. The van der Waals surface area contributed by atoms with Gasteiger partial charge >= 0.3 is 6.18 Å². The quantitative estimate of drug-likeness (QED) is 0.789. The van der Waals surface area contributed by atoms with Crippen LogP contribution in [0.15, 0.2) is 36.4 Å². The Balaban J connectivity index is 2.35. The molecule has 2 aromatic carbocycles. The topological polar surface area (TPSA) is 20.3 Å². The molecule has 0 saturated carbocycles. The Morgan fingerprint density at radius 1 is 1.04 bits per heavy atom. The van der Waals surface area contributed by atoms with Crippen molar-refractivity contribution in [2.75, 3.05) is 13.1 Å². The van der Waals surface area contributed by atoms with Gasteiger partial charge in [-0.3, -0.25) is 4.79 Å². The normalized spacial score (nSPS) is 13.1. The van der Waals surface area contributed by atoms with E-state index in [1.165, 1.54) is 6.07 Å². The van der Waals surface area contributed by atoms with Crippen molar-refractivity contribution in [3.63, 3.8) is 0 Å². The molecule has 0 aliphatic heterocycles. The summed E-state index contributed by atoms with van der Waals surface area (Å²) in [6, 6.07) is 8.83. The molecule has 2 rings (SSSR count). The van der Waals surface area contributed by atoms with E-state index in [9.17, 15) is 18.0 Å². The SMILES string of the molecule is CCN(CC)C(=O)C(C)c1ccc2cc(C(F)(F)F)ccc2c1. The number of benzene rings is 2. The minimum absolute atomic E-state index is 0.0289. The van der Waals surface area contributed by atoms with Gasteiger partial charge in [0.2, 0.25) is 5.91 Å². The van der Waals surface area contributed by atoms with E-state index < -0.39 is 11.7 Å². The van der Waals surface area contributed by atoms with Gasteiger partial charge in [-0.25, -0.2) is 0 Å². The van der Waals surface area contributed by atoms with Crippen molar-refractivity contribution < 1.29 is 18.0 Å². The van der Waals surface area contributed by atoms with E-state index in [-0.39, 0.29) is 11.8 Å². The number of hydrogen-bond acceptors (Lipinski definition) is 1. The molecule has 0 heterocycles. The van der Waals surface area contributed by atoms with Crippen LogP contribution < -0.4 is 0 Å². The molecule has 0 N–H and O–H groups in total. The number of nitrogens with zero attached hydrogens (tertiary/aromatic N) is 1. The van der Waals surface area contributed by atoms with E-state index in [1.54, 1.807) is 23.1 Å². The molecule has 0 aliphatic rings. The van der Waals surface area contributed by atoms with Gasteiger partial charge in [0.15, 0.2) is 0 Å². The van der Waals surface area contributed by atoms with Crippen LogP contribution in [-0.2, 0) is 11.0 Å². The van der Waals surface area contributed by atoms with Crippen LogP contribution in [0.3, 0.4) is 0 Å². The van der Waals surface area contributed by atoms with Gasteiger partial charge in [0.05, 0.1) is 11.5 Å². The third kappa shape index (κ3) is 3.66. The molecular weight excluding hydrogens is 303 g/mol. The molecule has 0 saturated heterocycles. The molecule has 0 fully saturated rings. The summed E-state index contributed by atoms with van der Waals surface area (Å²) >= 11 is 0. The molecule has 0 aromatic heterocycles. The lowest BCUT2D eigenvalue weighted by molar-refractivity contribution is -0.137. The first-order valence-electron chi connectivity index (χ1n) is 7.67. The average Bonchev–Trinajstić information content (AvgIpc) is 2.53. The number of amides is 1. The van der Waals surface area contributed by atoms with Crippen LogP contribution in [-0.4, -0.2) is 23.9 Å². The van der Waals surface area contributed by atoms with Gasteiger partial charge in [0.25, 0.3) is 0 Å². The molecule has 2 aromatic rings. The van der Waals surface area contributed by atoms with Crippen molar-refractivity contribution in [1.29, 1.82) is 0 Å². The van der Waals surface area contributed by atoms with Crippen LogP contribution in [0.1, 0.15) is 37.8 Å². The number of carbonyl (C=O) groups excluding carboxylic acids is 1. The van der Waals surface area contributed by atoms with E-state index in [1.807, 2.05) is 20.8 Å². The van der Waals surface area contributed by atoms with Crippen molar-refractivity contribution in [1.82, 2.24) is 4.90 Å². The van der Waals surface area contributed by atoms with E-state index in [0.29, 0.717) is 23.9 Å². The number of halogens is 3. The molecule has 0 spiro atoms. The zero-order valence-corrected chi connectivity index (χ0v) is 13.4. The zero-order chi connectivity index (χ0) is 17.2. The summed E-state index contributed by atoms with van der Waals surface area (Å²) in [4.78, 5) is 14.2. The highest BCUT2D eigenvalue weighted by atomic mass is 19.4. The summed E-state index contributed by atoms with van der Waals surface area (Å²) in [5.41, 5.74) is 0.152. The number of alkyl halides is 3. The fourth-order valence-corrected chi connectivity index (χ4v) is 2.66. The van der Waals surface area contributed by atoms with Gasteiger partial charge in [-0.2, -0.15) is 13.2 Å². The fourth-order valence-electron chi connectivity index (χ4n) is 2.66. The van der Waals surface area contributed by atoms with Crippen LogP contribution in [0.25, 0.3) is 10.8 Å². The van der Waals surface area contributed by atoms with Crippen LogP contribution >= 0.6 is 0 Å². The highest BCUT2D eigenvalue weighted by Gasteiger charge is 2.30. The molecule has 1 unspecified atom stereocenters. The fraction of sp³-hybridized carbons (Fsp3) is 0.389. The minimum Gasteiger partial charge on any atom is -0.343 e. The van der Waals surface area contributed by atoms with Crippen molar-refractivity contribution >= 4 is 16.7 Å². The Bertz CT molecular complexity index is 705. The maximum Gasteiger partial charge on any atom is 0.416 e. The number of hydrogen-bond donors (Lipinski definition) is 0. The molecule has 1 amide bonds. The molecule has 1 atom stereocenters. The smallest absolute Gasteiger partial charge is 0.343 e. The Hall–Kier alpha value is -2.04. The van der Waals surface area contributed by atoms with E-state index in [4.69, 9.17) is 0 Å². The lowest BCUT2D eigenvalue weighted by atomic mass is 9.96. The second-order valence-corrected chi connectivity index (χ2v) is 5.55. The van der Waals surface area contributed by atoms with E-state index >= 15 is 0 Å². The summed E-state index contributed by atoms with van der Waals surface area (Å²) in [6.45, 7) is 6.96. The molecule has 0 aliphatic carbocycles. The van der Waals surface area contributed by atoms with Crippen molar-refractivity contribution in [3.8, 4) is 0 Å². The Labute approximate surface area is 133 Å². The van der Waals surface area contributed by atoms with Crippen LogP contribution in [0.2, 0.25) is 0 Å². The number of rotatable bonds is 4. The second-order valence-electron chi connectivity index (χ2n) is 5.55. The maximum absolute atomic E-state index is 12.7. The van der Waals surface area contributed by atoms with Gasteiger partial charge in [-0.1, -0.05) is 24.3 Å². The lowest BCUT2D eigenvalue weighted by Gasteiger charge is -2.23. The van der Waals surface area contributed by atoms with Gasteiger partial charge in [-0.15, -0.1) is 0 Å². The monoisotopic (exact) mass is 323 g/mol. The molecule has 124 valence electrons. The third-order valence-electron chi connectivity index (χ3n) is 4.14. The first kappa shape index (κ1) is 17.3. The molecule has 0 radical (unpaired) electrons. The largest absolute Gasteiger partial charge is 0.416 e. The standard InChI is InChI=1S/C18H20F3NO/c1-4-22(5-2)17(23)12(3)13-6-7-15-11-16(18(19,20)21)9-8-14(15)10-13/h6-12H,4-5H2,1-3H3. The average molecular weight is 323 g/mol. The third-order valence-corrected chi connectivity index (χ3v) is 4.14. The number of fused-ring (bicyclic) bond motifs is 1. The summed E-state index contributed by atoms with van der Waals surface area (Å²) in [5.74, 6) is -0.289. The first-order chi connectivity index (χ1) is 10.8. The highest BCUT2D eigenvalue weighted by molar-refractivity contribution is 5.88. The van der Waals surface area contributed by atoms with E-state index in [0.717, 1.165) is 17.7 Å². The summed E-state index contributed by atoms with van der Waals surface area (Å²) in [5, 5.41) is 1.22. The lowest BCUT2D eigenvalue weighted by Crippen LogP contribution is -2.33. The Kier molecular flexibility index (Phi) is 4.97. The zero-order valence-electron chi connectivity index (χ0n) is 13.4. The number of carbonyl (C=O) groups is 1. The predicted octanol–water partition coefficient (Wildman–Crippen LogP) is 4.83. The predicted molar refractivity (Wildman–Crippen MR) is 85.3 cm³/mol. The second kappa shape index (κ2) is 6.60. The minimum atomic E-state index is -4.35. The maximum atomic E-state index is 12.7. The molecular formula is C18H20F3NO. The van der Waals surface area contributed by atoms with Gasteiger partial charge < -0.3 is 4.90 Å². The first-order valence-corrected chi connectivity index (χ1v) is 7.67. The van der Waals surface area contributed by atoms with Crippen molar-refractivity contribution in [2.24, 2.45) is 0 Å². The van der Waals surface area contributed by atoms with Crippen molar-refractivity contribution in [3.05, 3.63) is 47.5 Å². The number of likely N-dealkylation sites (N-methyl/N-ethyl adjacent to an activating group) is 1. The van der Waals surface area contributed by atoms with E-state index in [2.05, 4.69) is 0 Å². The summed E-state index contributed by atoms with van der Waals surface area (Å²) < 4.78 is 38.2. The van der Waals surface area contributed by atoms with Crippen LogP contribution in [0, 0.1) is 0 Å². The summed E-state index contributed by atoms with van der Waals surface area (Å²) in [6.07, 6.45) is -4.35.